The molecule has 1 amide bonds. The third-order valence-corrected chi connectivity index (χ3v) is 5.09. The van der Waals surface area contributed by atoms with E-state index in [2.05, 4.69) is 20.4 Å². The van der Waals surface area contributed by atoms with E-state index in [1.807, 2.05) is 24.6 Å². The van der Waals surface area contributed by atoms with Gasteiger partial charge in [0, 0.05) is 23.3 Å². The monoisotopic (exact) mass is 376 g/mol. The van der Waals surface area contributed by atoms with Crippen LogP contribution in [0.25, 0.3) is 22.1 Å². The summed E-state index contributed by atoms with van der Waals surface area (Å²) >= 11 is 0. The van der Waals surface area contributed by atoms with Crippen molar-refractivity contribution in [3.8, 4) is 0 Å². The Bertz CT molecular complexity index is 1280. The van der Waals surface area contributed by atoms with Crippen LogP contribution >= 0.6 is 0 Å². The molecule has 3 heterocycles. The van der Waals surface area contributed by atoms with E-state index in [9.17, 15) is 9.59 Å². The summed E-state index contributed by atoms with van der Waals surface area (Å²) in [5.74, 6) is 0.211. The molecule has 4 aromatic rings. The fraction of sp³-hybridized carbons (Fsp3) is 0.300. The highest BCUT2D eigenvalue weighted by Crippen LogP contribution is 2.40. The van der Waals surface area contributed by atoms with Crippen LogP contribution in [0.4, 0.5) is 5.69 Å². The van der Waals surface area contributed by atoms with Gasteiger partial charge in [0.25, 0.3) is 5.91 Å². The molecule has 0 atom stereocenters. The maximum Gasteiger partial charge on any atom is 0.323 e. The molecule has 3 aromatic heterocycles. The number of H-pyrrole nitrogens is 2. The lowest BCUT2D eigenvalue weighted by Gasteiger charge is -2.11. The summed E-state index contributed by atoms with van der Waals surface area (Å²) in [5, 5.41) is 8.12. The summed E-state index contributed by atoms with van der Waals surface area (Å²) in [6.07, 6.45) is 3.92. The van der Waals surface area contributed by atoms with Crippen molar-refractivity contribution in [1.29, 1.82) is 0 Å². The number of hydrogen-bond acceptors (Lipinski definition) is 4. The Kier molecular flexibility index (Phi) is 3.61. The third kappa shape index (κ3) is 2.77. The van der Waals surface area contributed by atoms with Crippen molar-refractivity contribution in [2.45, 2.75) is 38.6 Å². The van der Waals surface area contributed by atoms with Gasteiger partial charge in [0.15, 0.2) is 5.65 Å². The molecule has 0 unspecified atom stereocenters. The van der Waals surface area contributed by atoms with E-state index in [0.717, 1.165) is 29.6 Å². The van der Waals surface area contributed by atoms with Gasteiger partial charge in [0.2, 0.25) is 0 Å². The number of imidazole rings is 1. The van der Waals surface area contributed by atoms with E-state index in [1.54, 1.807) is 24.4 Å². The number of pyridine rings is 1. The first-order chi connectivity index (χ1) is 13.5. The van der Waals surface area contributed by atoms with Gasteiger partial charge < -0.3 is 15.3 Å². The first-order valence-electron chi connectivity index (χ1n) is 9.41. The number of aromatic amines is 2. The number of benzene rings is 1. The fourth-order valence-corrected chi connectivity index (χ4v) is 3.50. The largest absolute Gasteiger partial charge is 0.323 e. The van der Waals surface area contributed by atoms with Gasteiger partial charge in [-0.3, -0.25) is 4.79 Å². The molecule has 0 saturated heterocycles. The van der Waals surface area contributed by atoms with Crippen LogP contribution in [0.1, 0.15) is 54.7 Å². The summed E-state index contributed by atoms with van der Waals surface area (Å²) in [6.45, 7) is 4.09. The quantitative estimate of drug-likeness (QED) is 0.508. The number of aromatic nitrogens is 5. The molecule has 3 N–H and O–H groups in total. The Balaban J connectivity index is 1.56. The first-order valence-corrected chi connectivity index (χ1v) is 9.41. The molecule has 1 aliphatic rings. The van der Waals surface area contributed by atoms with Crippen molar-refractivity contribution in [2.24, 2.45) is 0 Å². The van der Waals surface area contributed by atoms with Crippen molar-refractivity contribution >= 4 is 33.7 Å². The third-order valence-electron chi connectivity index (χ3n) is 5.09. The number of rotatable bonds is 4. The molecular formula is C20H20N6O2. The smallest absolute Gasteiger partial charge is 0.322 e. The molecule has 0 radical (unpaired) electrons. The Morgan fingerprint density at radius 3 is 2.75 bits per heavy atom. The van der Waals surface area contributed by atoms with Crippen LogP contribution in [0, 0.1) is 0 Å². The number of nitrogens with zero attached hydrogens (tertiary/aromatic N) is 3. The van der Waals surface area contributed by atoms with Crippen molar-refractivity contribution in [2.75, 3.05) is 5.32 Å². The highest BCUT2D eigenvalue weighted by molar-refractivity contribution is 6.12. The number of carbonyl (C=O) groups excluding carboxylic acids is 1. The van der Waals surface area contributed by atoms with E-state index < -0.39 is 0 Å². The minimum Gasteiger partial charge on any atom is -0.322 e. The zero-order valence-corrected chi connectivity index (χ0v) is 15.6. The molecular weight excluding hydrogens is 356 g/mol. The van der Waals surface area contributed by atoms with Crippen molar-refractivity contribution in [3.05, 3.63) is 52.2 Å². The van der Waals surface area contributed by atoms with Crippen LogP contribution in [0.5, 0.6) is 0 Å². The standard InChI is InChI=1S/C20H20N6O2/c1-10(2)26-18-14(9-21-26)13(8-16(23-18)11-3-4-11)19(27)22-12-5-6-15-17(7-12)25-20(28)24-15/h5-11H,3-4H2,1-2H3,(H,22,27)(H2,24,25,28). The predicted molar refractivity (Wildman–Crippen MR) is 107 cm³/mol. The van der Waals surface area contributed by atoms with Crippen LogP contribution in [0.2, 0.25) is 0 Å². The molecule has 8 heteroatoms. The molecule has 142 valence electrons. The highest BCUT2D eigenvalue weighted by atomic mass is 16.2. The van der Waals surface area contributed by atoms with Crippen LogP contribution in [0.15, 0.2) is 35.3 Å². The van der Waals surface area contributed by atoms with Crippen LogP contribution in [-0.4, -0.2) is 30.6 Å². The lowest BCUT2D eigenvalue weighted by atomic mass is 10.1. The Morgan fingerprint density at radius 2 is 2.00 bits per heavy atom. The summed E-state index contributed by atoms with van der Waals surface area (Å²) in [5.41, 5.74) is 3.95. The normalized spacial score (nSPS) is 14.2. The van der Waals surface area contributed by atoms with Crippen LogP contribution in [-0.2, 0) is 0 Å². The summed E-state index contributed by atoms with van der Waals surface area (Å²) in [7, 11) is 0. The van der Waals surface area contributed by atoms with Gasteiger partial charge in [-0.2, -0.15) is 5.10 Å². The second kappa shape index (κ2) is 6.05. The lowest BCUT2D eigenvalue weighted by Crippen LogP contribution is -2.14. The Morgan fingerprint density at radius 1 is 1.21 bits per heavy atom. The minimum atomic E-state index is -0.274. The van der Waals surface area contributed by atoms with Gasteiger partial charge in [0.1, 0.15) is 0 Å². The minimum absolute atomic E-state index is 0.156. The number of amides is 1. The fourth-order valence-electron chi connectivity index (χ4n) is 3.50. The average molecular weight is 376 g/mol. The van der Waals surface area contributed by atoms with Crippen molar-refractivity contribution < 1.29 is 4.79 Å². The van der Waals surface area contributed by atoms with Crippen molar-refractivity contribution in [1.82, 2.24) is 24.7 Å². The van der Waals surface area contributed by atoms with Gasteiger partial charge in [-0.05, 0) is 51.0 Å². The maximum atomic E-state index is 13.1. The molecule has 0 spiro atoms. The predicted octanol–water partition coefficient (Wildman–Crippen LogP) is 3.31. The second-order valence-corrected chi connectivity index (χ2v) is 7.58. The van der Waals surface area contributed by atoms with E-state index >= 15 is 0 Å². The Hall–Kier alpha value is -3.42. The molecule has 1 saturated carbocycles. The van der Waals surface area contributed by atoms with E-state index in [1.165, 1.54) is 0 Å². The van der Waals surface area contributed by atoms with Gasteiger partial charge in [-0.25, -0.2) is 14.5 Å². The van der Waals surface area contributed by atoms with Gasteiger partial charge >= 0.3 is 5.69 Å². The number of carbonyl (C=O) groups is 1. The van der Waals surface area contributed by atoms with Gasteiger partial charge in [-0.1, -0.05) is 0 Å². The highest BCUT2D eigenvalue weighted by Gasteiger charge is 2.28. The molecule has 5 rings (SSSR count). The number of nitrogens with one attached hydrogen (secondary N) is 3. The van der Waals surface area contributed by atoms with E-state index in [4.69, 9.17) is 4.98 Å². The molecule has 0 bridgehead atoms. The maximum absolute atomic E-state index is 13.1. The molecule has 8 nitrogen and oxygen atoms in total. The zero-order chi connectivity index (χ0) is 19.4. The average Bonchev–Trinajstić information content (AvgIpc) is 3.30. The molecule has 1 fully saturated rings. The summed E-state index contributed by atoms with van der Waals surface area (Å²) < 4.78 is 1.86. The number of hydrogen-bond donors (Lipinski definition) is 3. The molecule has 1 aliphatic carbocycles. The van der Waals surface area contributed by atoms with Crippen molar-refractivity contribution in [3.63, 3.8) is 0 Å². The van der Waals surface area contributed by atoms with Crippen LogP contribution in [0.3, 0.4) is 0 Å². The van der Waals surface area contributed by atoms with Gasteiger partial charge in [-0.15, -0.1) is 0 Å². The number of fused-ring (bicyclic) bond motifs is 2. The van der Waals surface area contributed by atoms with Crippen LogP contribution < -0.4 is 11.0 Å². The SMILES string of the molecule is CC(C)n1ncc2c(C(=O)Nc3ccc4[nH]c(=O)[nH]c4c3)cc(C3CC3)nc21. The van der Waals surface area contributed by atoms with E-state index in [-0.39, 0.29) is 17.6 Å². The lowest BCUT2D eigenvalue weighted by molar-refractivity contribution is 0.102. The molecule has 1 aromatic carbocycles. The summed E-state index contributed by atoms with van der Waals surface area (Å²) in [6, 6.07) is 7.31. The Labute approximate surface area is 160 Å². The zero-order valence-electron chi connectivity index (χ0n) is 15.6. The molecule has 0 aliphatic heterocycles. The van der Waals surface area contributed by atoms with Gasteiger partial charge in [0.05, 0.1) is 28.2 Å². The van der Waals surface area contributed by atoms with E-state index in [0.29, 0.717) is 28.2 Å². The first kappa shape index (κ1) is 16.7. The second-order valence-electron chi connectivity index (χ2n) is 7.58. The molecule has 28 heavy (non-hydrogen) atoms. The summed E-state index contributed by atoms with van der Waals surface area (Å²) in [4.78, 5) is 34.7. The topological polar surface area (TPSA) is 108 Å². The number of anilines is 1.